The first kappa shape index (κ1) is 17.8. The summed E-state index contributed by atoms with van der Waals surface area (Å²) in [5, 5.41) is 0.773. The molecule has 0 radical (unpaired) electrons. The van der Waals surface area contributed by atoms with Crippen LogP contribution in [0.25, 0.3) is 5.69 Å². The van der Waals surface area contributed by atoms with Crippen LogP contribution < -0.4 is 16.2 Å². The number of anilines is 1. The SMILES string of the molecule is Cc1nc(N2CCC3(CC2)CC3CN)cc(=O)n1-c1cccc(Cl)c1Cl. The molecule has 26 heavy (non-hydrogen) atoms. The van der Waals surface area contributed by atoms with Crippen LogP contribution in [0.3, 0.4) is 0 Å². The van der Waals surface area contributed by atoms with Crippen LogP contribution in [-0.2, 0) is 0 Å². The summed E-state index contributed by atoms with van der Waals surface area (Å²) >= 11 is 12.4. The van der Waals surface area contributed by atoms with Crippen LogP contribution in [-0.4, -0.2) is 29.2 Å². The van der Waals surface area contributed by atoms with Crippen molar-refractivity contribution in [2.45, 2.75) is 26.2 Å². The molecule has 2 heterocycles. The molecule has 7 heteroatoms. The molecule has 5 nitrogen and oxygen atoms in total. The van der Waals surface area contributed by atoms with E-state index in [9.17, 15) is 4.79 Å². The lowest BCUT2D eigenvalue weighted by Crippen LogP contribution is -2.37. The third kappa shape index (κ3) is 2.92. The number of hydrogen-bond acceptors (Lipinski definition) is 4. The molecule has 1 aliphatic heterocycles. The fourth-order valence-electron chi connectivity index (χ4n) is 4.26. The van der Waals surface area contributed by atoms with Gasteiger partial charge in [-0.15, -0.1) is 0 Å². The molecule has 1 unspecified atom stereocenters. The predicted molar refractivity (Wildman–Crippen MR) is 106 cm³/mol. The Morgan fingerprint density at radius 3 is 2.65 bits per heavy atom. The number of rotatable bonds is 3. The Morgan fingerprint density at radius 2 is 2.04 bits per heavy atom. The summed E-state index contributed by atoms with van der Waals surface area (Å²) < 4.78 is 1.51. The van der Waals surface area contributed by atoms with Crippen molar-refractivity contribution in [1.29, 1.82) is 0 Å². The van der Waals surface area contributed by atoms with Crippen molar-refractivity contribution in [3.63, 3.8) is 0 Å². The van der Waals surface area contributed by atoms with Gasteiger partial charge in [0.25, 0.3) is 5.56 Å². The van der Waals surface area contributed by atoms with E-state index in [0.717, 1.165) is 38.3 Å². The molecule has 138 valence electrons. The van der Waals surface area contributed by atoms with Crippen LogP contribution in [0.2, 0.25) is 10.0 Å². The molecular formula is C19H22Cl2N4O. The average Bonchev–Trinajstić information content (AvgIpc) is 3.31. The molecule has 0 bridgehead atoms. The molecule has 2 fully saturated rings. The lowest BCUT2D eigenvalue weighted by molar-refractivity contribution is 0.350. The normalized spacial score (nSPS) is 21.2. The lowest BCUT2D eigenvalue weighted by Gasteiger charge is -2.34. The van der Waals surface area contributed by atoms with Crippen molar-refractivity contribution in [3.8, 4) is 5.69 Å². The van der Waals surface area contributed by atoms with E-state index in [-0.39, 0.29) is 5.56 Å². The highest BCUT2D eigenvalue weighted by molar-refractivity contribution is 6.43. The van der Waals surface area contributed by atoms with Crippen molar-refractivity contribution >= 4 is 29.0 Å². The third-order valence-corrected chi connectivity index (χ3v) is 6.78. The molecule has 1 aromatic heterocycles. The maximum atomic E-state index is 12.8. The van der Waals surface area contributed by atoms with Crippen molar-refractivity contribution < 1.29 is 0 Å². The third-order valence-electron chi connectivity index (χ3n) is 5.97. The van der Waals surface area contributed by atoms with Gasteiger partial charge >= 0.3 is 0 Å². The van der Waals surface area contributed by atoms with E-state index in [4.69, 9.17) is 28.9 Å². The average molecular weight is 393 g/mol. The number of hydrogen-bond donors (Lipinski definition) is 1. The van der Waals surface area contributed by atoms with Crippen LogP contribution in [0, 0.1) is 18.3 Å². The van der Waals surface area contributed by atoms with Gasteiger partial charge in [0.05, 0.1) is 15.7 Å². The maximum absolute atomic E-state index is 12.8. The van der Waals surface area contributed by atoms with Crippen molar-refractivity contribution in [2.75, 3.05) is 24.5 Å². The van der Waals surface area contributed by atoms with Gasteiger partial charge in [0.15, 0.2) is 0 Å². The Bertz CT molecular complexity index is 903. The monoisotopic (exact) mass is 392 g/mol. The van der Waals surface area contributed by atoms with Gasteiger partial charge in [-0.2, -0.15) is 0 Å². The second-order valence-electron chi connectivity index (χ2n) is 7.39. The van der Waals surface area contributed by atoms with E-state index in [0.29, 0.717) is 32.9 Å². The molecule has 2 aromatic rings. The highest BCUT2D eigenvalue weighted by Crippen LogP contribution is 2.58. The molecule has 4 rings (SSSR count). The van der Waals surface area contributed by atoms with Gasteiger partial charge in [0, 0.05) is 19.2 Å². The Labute approximate surface area is 162 Å². The number of aromatic nitrogens is 2. The zero-order chi connectivity index (χ0) is 18.5. The molecule has 2 aliphatic rings. The quantitative estimate of drug-likeness (QED) is 0.868. The molecule has 1 spiro atoms. The Morgan fingerprint density at radius 1 is 1.31 bits per heavy atom. The summed E-state index contributed by atoms with van der Waals surface area (Å²) in [6.45, 7) is 4.45. The van der Waals surface area contributed by atoms with Gasteiger partial charge in [0.1, 0.15) is 11.6 Å². The number of aryl methyl sites for hydroxylation is 1. The summed E-state index contributed by atoms with van der Waals surface area (Å²) in [5.74, 6) is 2.02. The fourth-order valence-corrected chi connectivity index (χ4v) is 4.64. The van der Waals surface area contributed by atoms with Crippen LogP contribution in [0.15, 0.2) is 29.1 Å². The summed E-state index contributed by atoms with van der Waals surface area (Å²) in [5.41, 5.74) is 6.69. The number of piperidine rings is 1. The highest BCUT2D eigenvalue weighted by Gasteiger charge is 2.53. The van der Waals surface area contributed by atoms with E-state index in [1.165, 1.54) is 11.0 Å². The molecule has 2 N–H and O–H groups in total. The van der Waals surface area contributed by atoms with Gasteiger partial charge in [0.2, 0.25) is 0 Å². The number of nitrogens with zero attached hydrogens (tertiary/aromatic N) is 3. The first-order valence-electron chi connectivity index (χ1n) is 8.95. The molecule has 0 amide bonds. The molecule has 1 saturated heterocycles. The molecular weight excluding hydrogens is 371 g/mol. The lowest BCUT2D eigenvalue weighted by atomic mass is 9.91. The number of benzene rings is 1. The largest absolute Gasteiger partial charge is 0.356 e. The summed E-state index contributed by atoms with van der Waals surface area (Å²) in [6.07, 6.45) is 3.50. The van der Waals surface area contributed by atoms with Gasteiger partial charge in [-0.25, -0.2) is 4.98 Å². The maximum Gasteiger partial charge on any atom is 0.260 e. The van der Waals surface area contributed by atoms with E-state index < -0.39 is 0 Å². The molecule has 1 aromatic carbocycles. The van der Waals surface area contributed by atoms with Gasteiger partial charge in [-0.1, -0.05) is 29.3 Å². The number of halogens is 2. The Balaban J connectivity index is 1.61. The second-order valence-corrected chi connectivity index (χ2v) is 8.18. The standard InChI is InChI=1S/C19H22Cl2N4O/c1-12-23-16(24-7-5-19(6-8-24)10-13(19)11-22)9-17(26)25(12)15-4-2-3-14(20)18(15)21/h2-4,9,13H,5-8,10-11,22H2,1H3. The Kier molecular flexibility index (Phi) is 4.49. The molecule has 1 atom stereocenters. The van der Waals surface area contributed by atoms with Crippen LogP contribution in [0.4, 0.5) is 5.82 Å². The summed E-state index contributed by atoms with van der Waals surface area (Å²) in [6, 6.07) is 6.84. The first-order valence-corrected chi connectivity index (χ1v) is 9.71. The van der Waals surface area contributed by atoms with Crippen LogP contribution in [0.5, 0.6) is 0 Å². The predicted octanol–water partition coefficient (Wildman–Crippen LogP) is 3.41. The van der Waals surface area contributed by atoms with Gasteiger partial charge < -0.3 is 10.6 Å². The van der Waals surface area contributed by atoms with E-state index in [2.05, 4.69) is 9.88 Å². The second kappa shape index (κ2) is 6.55. The topological polar surface area (TPSA) is 64.2 Å². The minimum atomic E-state index is -0.150. The summed E-state index contributed by atoms with van der Waals surface area (Å²) in [4.78, 5) is 19.7. The highest BCUT2D eigenvalue weighted by atomic mass is 35.5. The zero-order valence-electron chi connectivity index (χ0n) is 14.7. The van der Waals surface area contributed by atoms with Crippen LogP contribution >= 0.6 is 23.2 Å². The van der Waals surface area contributed by atoms with E-state index >= 15 is 0 Å². The van der Waals surface area contributed by atoms with Crippen molar-refractivity contribution in [2.24, 2.45) is 17.1 Å². The minimum absolute atomic E-state index is 0.150. The van der Waals surface area contributed by atoms with E-state index in [1.54, 1.807) is 24.3 Å². The van der Waals surface area contributed by atoms with Crippen LogP contribution in [0.1, 0.15) is 25.1 Å². The van der Waals surface area contributed by atoms with Gasteiger partial charge in [-0.05, 0) is 56.2 Å². The fraction of sp³-hybridized carbons (Fsp3) is 0.474. The first-order chi connectivity index (χ1) is 12.4. The molecule has 1 saturated carbocycles. The Hall–Kier alpha value is -1.56. The van der Waals surface area contributed by atoms with E-state index in [1.807, 2.05) is 6.92 Å². The van der Waals surface area contributed by atoms with Crippen molar-refractivity contribution in [3.05, 3.63) is 50.5 Å². The molecule has 1 aliphatic carbocycles. The summed E-state index contributed by atoms with van der Waals surface area (Å²) in [7, 11) is 0. The smallest absolute Gasteiger partial charge is 0.260 e. The minimum Gasteiger partial charge on any atom is -0.356 e. The zero-order valence-corrected chi connectivity index (χ0v) is 16.2. The van der Waals surface area contributed by atoms with Crippen molar-refractivity contribution in [1.82, 2.24) is 9.55 Å². The number of nitrogens with two attached hydrogens (primary N) is 1. The van der Waals surface area contributed by atoms with Gasteiger partial charge in [-0.3, -0.25) is 9.36 Å².